The number of anilines is 1. The highest BCUT2D eigenvalue weighted by molar-refractivity contribution is 6.38. The molecular weight excluding hydrogens is 636 g/mol. The van der Waals surface area contributed by atoms with Crippen LogP contribution >= 0.6 is 47.2 Å². The van der Waals surface area contributed by atoms with Crippen molar-refractivity contribution in [1.29, 1.82) is 0 Å². The van der Waals surface area contributed by atoms with Gasteiger partial charge in [-0.25, -0.2) is 4.98 Å². The lowest BCUT2D eigenvalue weighted by molar-refractivity contribution is -0.122. The Bertz CT molecular complexity index is 1690. The maximum atomic E-state index is 12.9. The third-order valence-corrected chi connectivity index (χ3v) is 7.62. The molecule has 0 saturated heterocycles. The van der Waals surface area contributed by atoms with Gasteiger partial charge in [-0.1, -0.05) is 46.9 Å². The van der Waals surface area contributed by atoms with Crippen LogP contribution in [0.3, 0.4) is 0 Å². The summed E-state index contributed by atoms with van der Waals surface area (Å²) in [6.45, 7) is 1.56. The summed E-state index contributed by atoms with van der Waals surface area (Å²) in [6.07, 6.45) is 4.69. The monoisotopic (exact) mass is 663 g/mol. The molecule has 0 saturated carbocycles. The normalized spacial score (nSPS) is 10.9. The fourth-order valence-electron chi connectivity index (χ4n) is 4.01. The van der Waals surface area contributed by atoms with E-state index >= 15 is 0 Å². The number of aryl methyl sites for hydroxylation is 1. The molecule has 0 aliphatic carbocycles. The van der Waals surface area contributed by atoms with Crippen molar-refractivity contribution < 1.29 is 19.1 Å². The fourth-order valence-corrected chi connectivity index (χ4v) is 4.79. The summed E-state index contributed by atoms with van der Waals surface area (Å²) in [6, 6.07) is 13.6. The van der Waals surface area contributed by atoms with Crippen molar-refractivity contribution in [2.45, 2.75) is 13.5 Å². The molecule has 0 spiro atoms. The molecule has 4 rings (SSSR count). The lowest BCUT2D eigenvalue weighted by atomic mass is 10.1. The van der Waals surface area contributed by atoms with Gasteiger partial charge in [-0.2, -0.15) is 0 Å². The molecule has 0 bridgehead atoms. The van der Waals surface area contributed by atoms with Gasteiger partial charge in [0.1, 0.15) is 11.8 Å². The zero-order valence-electron chi connectivity index (χ0n) is 23.7. The molecule has 2 aromatic carbocycles. The van der Waals surface area contributed by atoms with Crippen molar-refractivity contribution in [3.63, 3.8) is 0 Å². The van der Waals surface area contributed by atoms with E-state index in [1.807, 2.05) is 0 Å². The first-order chi connectivity index (χ1) is 20.0. The first kappa shape index (κ1) is 33.7. The highest BCUT2D eigenvalue weighted by Crippen LogP contribution is 2.35. The van der Waals surface area contributed by atoms with E-state index in [1.165, 1.54) is 15.9 Å². The fraction of sp³-hybridized carbons (Fsp3) is 0.200. The number of likely N-dealkylation sites (N-methyl/N-ethyl adjacent to an activating group) is 1. The van der Waals surface area contributed by atoms with Gasteiger partial charge in [0.2, 0.25) is 11.8 Å². The molecule has 9 nitrogen and oxygen atoms in total. The van der Waals surface area contributed by atoms with Crippen molar-refractivity contribution in [1.82, 2.24) is 19.6 Å². The summed E-state index contributed by atoms with van der Waals surface area (Å²) in [5.41, 5.74) is 3.38. The largest absolute Gasteiger partial charge is 0.485 e. The molecule has 0 fully saturated rings. The first-order valence-electron chi connectivity index (χ1n) is 12.7. The number of hydrogen-bond acceptors (Lipinski definition) is 5. The minimum Gasteiger partial charge on any atom is -0.485 e. The molecule has 13 heteroatoms. The summed E-state index contributed by atoms with van der Waals surface area (Å²) in [5, 5.41) is 3.67. The number of benzene rings is 2. The highest BCUT2D eigenvalue weighted by atomic mass is 35.5. The van der Waals surface area contributed by atoms with Crippen LogP contribution in [0.25, 0.3) is 11.7 Å². The lowest BCUT2D eigenvalue weighted by Gasteiger charge is -2.21. The summed E-state index contributed by atoms with van der Waals surface area (Å²) in [4.78, 5) is 44.5. The van der Waals surface area contributed by atoms with Gasteiger partial charge in [0, 0.05) is 49.6 Å². The Balaban J connectivity index is 0.00000506. The number of aromatic nitrogens is 2. The number of rotatable bonds is 9. The van der Waals surface area contributed by atoms with Gasteiger partial charge < -0.3 is 19.9 Å². The summed E-state index contributed by atoms with van der Waals surface area (Å²) in [5.74, 6) is -0.473. The molecule has 0 aliphatic heterocycles. The molecule has 2 aromatic heterocycles. The van der Waals surface area contributed by atoms with E-state index in [0.29, 0.717) is 44.1 Å². The minimum absolute atomic E-state index is 0. The van der Waals surface area contributed by atoms with Crippen LogP contribution in [0, 0.1) is 6.92 Å². The number of carbonyl (C=O) groups excluding carboxylic acids is 3. The van der Waals surface area contributed by atoms with Gasteiger partial charge in [0.25, 0.3) is 5.91 Å². The number of nitrogens with zero attached hydrogens (tertiary/aromatic N) is 4. The second-order valence-corrected chi connectivity index (χ2v) is 10.7. The number of nitrogens with one attached hydrogen (secondary N) is 1. The summed E-state index contributed by atoms with van der Waals surface area (Å²) < 4.78 is 7.72. The smallest absolute Gasteiger partial charge is 0.253 e. The molecule has 0 atom stereocenters. The number of fused-ring (bicyclic) bond motifs is 1. The first-order valence-corrected chi connectivity index (χ1v) is 13.9. The Morgan fingerprint density at radius 2 is 1.72 bits per heavy atom. The number of hydrogen-bond donors (Lipinski definition) is 1. The van der Waals surface area contributed by atoms with Crippen LogP contribution in [-0.4, -0.2) is 59.7 Å². The predicted octanol–water partition coefficient (Wildman–Crippen LogP) is 6.10. The minimum atomic E-state index is -0.454. The van der Waals surface area contributed by atoms with E-state index in [4.69, 9.17) is 39.5 Å². The average Bonchev–Trinajstić information content (AvgIpc) is 3.27. The topological polar surface area (TPSA) is 96.2 Å². The van der Waals surface area contributed by atoms with E-state index in [1.54, 1.807) is 93.3 Å². The van der Waals surface area contributed by atoms with Crippen LogP contribution in [0.1, 0.15) is 27.2 Å². The number of ether oxygens (including phenoxy) is 1. The summed E-state index contributed by atoms with van der Waals surface area (Å²) >= 11 is 19.4. The highest BCUT2D eigenvalue weighted by Gasteiger charge is 2.20. The Morgan fingerprint density at radius 1 is 1.02 bits per heavy atom. The van der Waals surface area contributed by atoms with Crippen LogP contribution < -0.4 is 15.0 Å². The number of imidazole rings is 1. The zero-order chi connectivity index (χ0) is 30.6. The molecule has 0 radical (unpaired) electrons. The second kappa shape index (κ2) is 14.6. The number of carbonyl (C=O) groups is 3. The SMILES string of the molecule is Cc1nc2c(OCc3c(Cl)ccc(N(C)C(=O)CNC(=O)/C=C/c4ccc(C(=O)N(C)C)cc4)c3Cl)cccn2c1Cl.Cl. The average molecular weight is 665 g/mol. The second-order valence-electron chi connectivity index (χ2n) is 9.53. The molecule has 226 valence electrons. The van der Waals surface area contributed by atoms with Crippen molar-refractivity contribution in [2.75, 3.05) is 32.6 Å². The Kier molecular flexibility index (Phi) is 11.5. The summed E-state index contributed by atoms with van der Waals surface area (Å²) in [7, 11) is 4.90. The van der Waals surface area contributed by atoms with Crippen molar-refractivity contribution in [3.05, 3.63) is 98.4 Å². The van der Waals surface area contributed by atoms with Gasteiger partial charge in [-0.3, -0.25) is 18.8 Å². The molecule has 4 aromatic rings. The molecule has 43 heavy (non-hydrogen) atoms. The third-order valence-electron chi connectivity index (χ3n) is 6.39. The molecule has 3 amide bonds. The van der Waals surface area contributed by atoms with Crippen LogP contribution in [0.5, 0.6) is 5.75 Å². The van der Waals surface area contributed by atoms with Crippen LogP contribution in [0.4, 0.5) is 5.69 Å². The van der Waals surface area contributed by atoms with Gasteiger partial charge in [-0.15, -0.1) is 12.4 Å². The van der Waals surface area contributed by atoms with E-state index in [0.717, 1.165) is 5.56 Å². The van der Waals surface area contributed by atoms with Gasteiger partial charge in [0.05, 0.1) is 22.9 Å². The van der Waals surface area contributed by atoms with Gasteiger partial charge in [0.15, 0.2) is 11.4 Å². The van der Waals surface area contributed by atoms with E-state index < -0.39 is 11.8 Å². The molecule has 0 aliphatic rings. The Morgan fingerprint density at radius 3 is 2.40 bits per heavy atom. The maximum absolute atomic E-state index is 12.9. The standard InChI is InChI=1S/C30H28Cl3N5O4.ClH/c1-18-28(33)38-15-5-6-24(29(38)35-18)42-17-21-22(31)12-13-23(27(21)32)37(4)26(40)16-34-25(39)14-9-19-7-10-20(11-8-19)30(41)36(2)3;/h5-15H,16-17H2,1-4H3,(H,34,39);1H/b14-9+;. The molecule has 1 N–H and O–H groups in total. The van der Waals surface area contributed by atoms with E-state index in [9.17, 15) is 14.4 Å². The number of amides is 3. The Hall–Kier alpha value is -3.76. The third kappa shape index (κ3) is 7.80. The lowest BCUT2D eigenvalue weighted by Crippen LogP contribution is -2.37. The van der Waals surface area contributed by atoms with Crippen molar-refractivity contribution in [2.24, 2.45) is 0 Å². The van der Waals surface area contributed by atoms with Crippen molar-refractivity contribution in [3.8, 4) is 5.75 Å². The Labute approximate surface area is 270 Å². The molecule has 0 unspecified atom stereocenters. The van der Waals surface area contributed by atoms with Crippen LogP contribution in [0.15, 0.2) is 60.8 Å². The molecular formula is C30H29Cl4N5O4. The predicted molar refractivity (Wildman–Crippen MR) is 173 cm³/mol. The zero-order valence-corrected chi connectivity index (χ0v) is 26.8. The van der Waals surface area contributed by atoms with Crippen molar-refractivity contribution >= 4 is 82.3 Å². The van der Waals surface area contributed by atoms with Crippen LogP contribution in [-0.2, 0) is 16.2 Å². The number of halogens is 4. The van der Waals surface area contributed by atoms with E-state index in [2.05, 4.69) is 10.3 Å². The van der Waals surface area contributed by atoms with Gasteiger partial charge >= 0.3 is 0 Å². The maximum Gasteiger partial charge on any atom is 0.253 e. The van der Waals surface area contributed by atoms with E-state index in [-0.39, 0.29) is 36.5 Å². The number of pyridine rings is 1. The quantitative estimate of drug-likeness (QED) is 0.218. The molecule has 2 heterocycles. The van der Waals surface area contributed by atoms with Crippen LogP contribution in [0.2, 0.25) is 15.2 Å². The van der Waals surface area contributed by atoms with Gasteiger partial charge in [-0.05, 0) is 55.0 Å².